The highest BCUT2D eigenvalue weighted by atomic mass is 16.5. The SMILES string of the molecule is COc1ccccc1NC(=O)c1ccnc(N2CCC(C(=O)Nc3ccc(C(C)C)cc3)CC2)c1. The Bertz CT molecular complexity index is 1170. The molecule has 0 radical (unpaired) electrons. The average Bonchev–Trinajstić information content (AvgIpc) is 2.89. The average molecular weight is 473 g/mol. The van der Waals surface area contributed by atoms with Crippen molar-refractivity contribution in [2.24, 2.45) is 5.92 Å². The molecule has 1 saturated heterocycles. The van der Waals surface area contributed by atoms with Crippen LogP contribution in [0, 0.1) is 5.92 Å². The Balaban J connectivity index is 1.34. The summed E-state index contributed by atoms with van der Waals surface area (Å²) in [6.07, 6.45) is 3.11. The minimum absolute atomic E-state index is 0.0481. The number of carbonyl (C=O) groups excluding carboxylic acids is 2. The standard InChI is InChI=1S/C28H32N4O3/c1-19(2)20-8-10-23(11-9-20)30-27(33)21-13-16-32(17-14-21)26-18-22(12-15-29-26)28(34)31-24-6-4-5-7-25(24)35-3/h4-12,15,18-19,21H,13-14,16-17H2,1-3H3,(H,30,33)(H,31,34). The fourth-order valence-corrected chi connectivity index (χ4v) is 4.24. The minimum Gasteiger partial charge on any atom is -0.495 e. The van der Waals surface area contributed by atoms with Gasteiger partial charge in [0.2, 0.25) is 5.91 Å². The van der Waals surface area contributed by atoms with Crippen LogP contribution in [0.15, 0.2) is 66.9 Å². The van der Waals surface area contributed by atoms with Crippen molar-refractivity contribution in [3.05, 3.63) is 78.0 Å². The van der Waals surface area contributed by atoms with E-state index in [1.807, 2.05) is 24.3 Å². The predicted octanol–water partition coefficient (Wildman–Crippen LogP) is 5.32. The monoisotopic (exact) mass is 472 g/mol. The number of aromatic nitrogens is 1. The van der Waals surface area contributed by atoms with Crippen LogP contribution in [-0.4, -0.2) is 37.0 Å². The van der Waals surface area contributed by atoms with E-state index in [1.165, 1.54) is 5.56 Å². The molecule has 1 fully saturated rings. The van der Waals surface area contributed by atoms with Crippen molar-refractivity contribution in [1.29, 1.82) is 0 Å². The molecular formula is C28H32N4O3. The zero-order valence-electron chi connectivity index (χ0n) is 20.5. The van der Waals surface area contributed by atoms with Gasteiger partial charge in [-0.15, -0.1) is 0 Å². The molecule has 1 aliphatic rings. The third-order valence-electron chi connectivity index (χ3n) is 6.40. The molecule has 35 heavy (non-hydrogen) atoms. The van der Waals surface area contributed by atoms with Crippen molar-refractivity contribution >= 4 is 29.0 Å². The Morgan fingerprint density at radius 3 is 2.40 bits per heavy atom. The van der Waals surface area contributed by atoms with Crippen LogP contribution >= 0.6 is 0 Å². The van der Waals surface area contributed by atoms with E-state index in [4.69, 9.17) is 4.74 Å². The second kappa shape index (κ2) is 11.0. The Hall–Kier alpha value is -3.87. The lowest BCUT2D eigenvalue weighted by Crippen LogP contribution is -2.38. The maximum absolute atomic E-state index is 12.8. The highest BCUT2D eigenvalue weighted by Gasteiger charge is 2.26. The lowest BCUT2D eigenvalue weighted by molar-refractivity contribution is -0.120. The van der Waals surface area contributed by atoms with Crippen LogP contribution in [0.3, 0.4) is 0 Å². The fraction of sp³-hybridized carbons (Fsp3) is 0.321. The molecule has 0 spiro atoms. The molecule has 0 aliphatic carbocycles. The van der Waals surface area contributed by atoms with Crippen molar-refractivity contribution < 1.29 is 14.3 Å². The van der Waals surface area contributed by atoms with E-state index in [0.29, 0.717) is 36.0 Å². The van der Waals surface area contributed by atoms with Crippen molar-refractivity contribution in [2.45, 2.75) is 32.6 Å². The number of hydrogen-bond donors (Lipinski definition) is 2. The Morgan fingerprint density at radius 1 is 1.00 bits per heavy atom. The number of nitrogens with one attached hydrogen (secondary N) is 2. The van der Waals surface area contributed by atoms with Crippen LogP contribution in [-0.2, 0) is 4.79 Å². The van der Waals surface area contributed by atoms with Gasteiger partial charge in [0.05, 0.1) is 12.8 Å². The number of pyridine rings is 1. The number of anilines is 3. The molecule has 4 rings (SSSR count). The summed E-state index contributed by atoms with van der Waals surface area (Å²) in [6, 6.07) is 18.8. The Labute approximate surface area is 206 Å². The van der Waals surface area contributed by atoms with Crippen LogP contribution in [0.25, 0.3) is 0 Å². The third-order valence-corrected chi connectivity index (χ3v) is 6.40. The summed E-state index contributed by atoms with van der Waals surface area (Å²) in [5.74, 6) is 1.58. The van der Waals surface area contributed by atoms with E-state index in [2.05, 4.69) is 46.5 Å². The third kappa shape index (κ3) is 5.98. The zero-order chi connectivity index (χ0) is 24.8. The molecule has 2 N–H and O–H groups in total. The molecule has 0 atom stereocenters. The second-order valence-corrected chi connectivity index (χ2v) is 9.08. The molecular weight excluding hydrogens is 440 g/mol. The predicted molar refractivity (Wildman–Crippen MR) is 139 cm³/mol. The summed E-state index contributed by atoms with van der Waals surface area (Å²) in [5, 5.41) is 5.95. The van der Waals surface area contributed by atoms with Gasteiger partial charge in [-0.05, 0) is 60.7 Å². The quantitative estimate of drug-likeness (QED) is 0.486. The minimum atomic E-state index is -0.226. The van der Waals surface area contributed by atoms with Gasteiger partial charge in [0.1, 0.15) is 11.6 Å². The summed E-state index contributed by atoms with van der Waals surface area (Å²) < 4.78 is 5.31. The molecule has 7 heteroatoms. The number of amides is 2. The first-order valence-electron chi connectivity index (χ1n) is 12.0. The molecule has 2 heterocycles. The van der Waals surface area contributed by atoms with Crippen LogP contribution in [0.1, 0.15) is 48.5 Å². The lowest BCUT2D eigenvalue weighted by atomic mass is 9.95. The number of hydrogen-bond acceptors (Lipinski definition) is 5. The summed E-state index contributed by atoms with van der Waals surface area (Å²) in [5.41, 5.74) is 3.22. The number of benzene rings is 2. The van der Waals surface area contributed by atoms with Crippen LogP contribution in [0.2, 0.25) is 0 Å². The Kier molecular flexibility index (Phi) is 7.65. The number of carbonyl (C=O) groups is 2. The van der Waals surface area contributed by atoms with Gasteiger partial charge >= 0.3 is 0 Å². The van der Waals surface area contributed by atoms with Gasteiger partial charge in [-0.1, -0.05) is 38.1 Å². The largest absolute Gasteiger partial charge is 0.495 e. The van der Waals surface area contributed by atoms with Crippen molar-refractivity contribution in [3.8, 4) is 5.75 Å². The van der Waals surface area contributed by atoms with E-state index in [9.17, 15) is 9.59 Å². The molecule has 182 valence electrons. The summed E-state index contributed by atoms with van der Waals surface area (Å²) in [4.78, 5) is 32.2. The van der Waals surface area contributed by atoms with Crippen molar-refractivity contribution in [3.63, 3.8) is 0 Å². The van der Waals surface area contributed by atoms with Gasteiger partial charge in [-0.25, -0.2) is 4.98 Å². The van der Waals surface area contributed by atoms with Gasteiger partial charge in [0.15, 0.2) is 0 Å². The van der Waals surface area contributed by atoms with Crippen LogP contribution < -0.4 is 20.3 Å². The number of ether oxygens (including phenoxy) is 1. The number of rotatable bonds is 7. The maximum atomic E-state index is 12.8. The topological polar surface area (TPSA) is 83.6 Å². The molecule has 3 aromatic rings. The van der Waals surface area contributed by atoms with E-state index >= 15 is 0 Å². The molecule has 2 amide bonds. The van der Waals surface area contributed by atoms with Gasteiger partial charge in [-0.2, -0.15) is 0 Å². The van der Waals surface area contributed by atoms with Crippen LogP contribution in [0.4, 0.5) is 17.2 Å². The highest BCUT2D eigenvalue weighted by molar-refractivity contribution is 6.05. The number of para-hydroxylation sites is 2. The van der Waals surface area contributed by atoms with Crippen molar-refractivity contribution in [1.82, 2.24) is 4.98 Å². The van der Waals surface area contributed by atoms with Gasteiger partial charge in [0, 0.05) is 36.5 Å². The molecule has 0 bridgehead atoms. The number of nitrogens with zero attached hydrogens (tertiary/aromatic N) is 2. The van der Waals surface area contributed by atoms with Gasteiger partial charge < -0.3 is 20.3 Å². The van der Waals surface area contributed by atoms with Gasteiger partial charge in [-0.3, -0.25) is 9.59 Å². The summed E-state index contributed by atoms with van der Waals surface area (Å²) in [6.45, 7) is 5.71. The second-order valence-electron chi connectivity index (χ2n) is 9.08. The van der Waals surface area contributed by atoms with E-state index in [1.54, 1.807) is 37.6 Å². The Morgan fingerprint density at radius 2 is 1.71 bits per heavy atom. The van der Waals surface area contributed by atoms with Crippen molar-refractivity contribution in [2.75, 3.05) is 35.7 Å². The van der Waals surface area contributed by atoms with Crippen LogP contribution in [0.5, 0.6) is 5.75 Å². The molecule has 7 nitrogen and oxygen atoms in total. The zero-order valence-corrected chi connectivity index (χ0v) is 20.5. The van der Waals surface area contributed by atoms with E-state index in [0.717, 1.165) is 24.3 Å². The summed E-state index contributed by atoms with van der Waals surface area (Å²) >= 11 is 0. The van der Waals surface area contributed by atoms with E-state index < -0.39 is 0 Å². The first-order valence-corrected chi connectivity index (χ1v) is 12.0. The smallest absolute Gasteiger partial charge is 0.255 e. The maximum Gasteiger partial charge on any atom is 0.255 e. The molecule has 0 saturated carbocycles. The normalized spacial score (nSPS) is 14.0. The van der Waals surface area contributed by atoms with Gasteiger partial charge in [0.25, 0.3) is 5.91 Å². The summed E-state index contributed by atoms with van der Waals surface area (Å²) in [7, 11) is 1.57. The first-order chi connectivity index (χ1) is 16.9. The number of methoxy groups -OCH3 is 1. The fourth-order valence-electron chi connectivity index (χ4n) is 4.24. The molecule has 2 aromatic carbocycles. The highest BCUT2D eigenvalue weighted by Crippen LogP contribution is 2.26. The molecule has 1 aromatic heterocycles. The first kappa shape index (κ1) is 24.3. The molecule has 1 aliphatic heterocycles. The van der Waals surface area contributed by atoms with E-state index in [-0.39, 0.29) is 17.7 Å². The lowest BCUT2D eigenvalue weighted by Gasteiger charge is -2.32. The molecule has 0 unspecified atom stereocenters. The number of piperidine rings is 1.